The van der Waals surface area contributed by atoms with E-state index in [4.69, 9.17) is 9.47 Å². The van der Waals surface area contributed by atoms with Gasteiger partial charge in [-0.2, -0.15) is 0 Å². The van der Waals surface area contributed by atoms with E-state index >= 15 is 0 Å². The van der Waals surface area contributed by atoms with E-state index in [-0.39, 0.29) is 17.3 Å². The third-order valence-corrected chi connectivity index (χ3v) is 9.82. The molecule has 8 atom stereocenters. The molecule has 0 bridgehead atoms. The van der Waals surface area contributed by atoms with Gasteiger partial charge in [-0.05, 0) is 79.4 Å². The highest BCUT2D eigenvalue weighted by Gasteiger charge is 2.63. The molecule has 4 saturated carbocycles. The molecule has 1 saturated heterocycles. The molecular weight excluding hydrogens is 312 g/mol. The minimum Gasteiger partial charge on any atom is -0.393 e. The average molecular weight is 349 g/mol. The number of hydrogen-bond donors (Lipinski definition) is 1. The molecule has 1 heterocycles. The van der Waals surface area contributed by atoms with Crippen LogP contribution in [0, 0.1) is 40.4 Å². The highest BCUT2D eigenvalue weighted by molar-refractivity contribution is 5.11. The van der Waals surface area contributed by atoms with Crippen LogP contribution < -0.4 is 0 Å². The molecule has 0 radical (unpaired) electrons. The topological polar surface area (TPSA) is 38.7 Å². The van der Waals surface area contributed by atoms with Crippen molar-refractivity contribution in [3.05, 3.63) is 0 Å². The number of rotatable bonds is 0. The summed E-state index contributed by atoms with van der Waals surface area (Å²) in [4.78, 5) is 0. The van der Waals surface area contributed by atoms with Crippen LogP contribution in [-0.2, 0) is 9.47 Å². The van der Waals surface area contributed by atoms with E-state index in [1.54, 1.807) is 0 Å². The Morgan fingerprint density at radius 2 is 1.56 bits per heavy atom. The van der Waals surface area contributed by atoms with Gasteiger partial charge in [0.05, 0.1) is 19.3 Å². The summed E-state index contributed by atoms with van der Waals surface area (Å²) in [5, 5.41) is 10.6. The molecule has 4 aliphatic carbocycles. The van der Waals surface area contributed by atoms with Crippen molar-refractivity contribution in [3.63, 3.8) is 0 Å². The molecule has 1 aliphatic heterocycles. The molecule has 0 aromatic carbocycles. The van der Waals surface area contributed by atoms with Gasteiger partial charge >= 0.3 is 0 Å². The Labute approximate surface area is 152 Å². The van der Waals surface area contributed by atoms with Crippen LogP contribution in [0.25, 0.3) is 0 Å². The van der Waals surface area contributed by atoms with E-state index in [1.807, 2.05) is 0 Å². The Kier molecular flexibility index (Phi) is 3.71. The van der Waals surface area contributed by atoms with Crippen LogP contribution in [0.4, 0.5) is 0 Å². The number of aliphatic hydroxyl groups is 1. The summed E-state index contributed by atoms with van der Waals surface area (Å²) in [5.74, 6) is 3.41. The standard InChI is InChI=1S/C22H36O3/c1-14-12-21(3)15(13-22(14)24-10-11-25-22)4-5-16-17-6-7-19(23)20(17,2)9-8-18(16)21/h14-19,23H,4-13H2,1-3H3/t14-,15+,16-,17-,18-,19-,20-,21-/m0/s1. The molecule has 3 nitrogen and oxygen atoms in total. The molecule has 0 aromatic rings. The van der Waals surface area contributed by atoms with E-state index in [1.165, 1.54) is 38.5 Å². The Morgan fingerprint density at radius 3 is 2.32 bits per heavy atom. The zero-order chi connectivity index (χ0) is 17.4. The van der Waals surface area contributed by atoms with Crippen LogP contribution >= 0.6 is 0 Å². The number of aliphatic hydroxyl groups excluding tert-OH is 1. The second-order valence-corrected chi connectivity index (χ2v) is 10.6. The first kappa shape index (κ1) is 17.0. The molecule has 0 aromatic heterocycles. The first-order chi connectivity index (χ1) is 11.9. The lowest BCUT2D eigenvalue weighted by Gasteiger charge is -2.62. The van der Waals surface area contributed by atoms with Crippen molar-refractivity contribution in [1.29, 1.82) is 0 Å². The summed E-state index contributed by atoms with van der Waals surface area (Å²) in [7, 11) is 0. The first-order valence-corrected chi connectivity index (χ1v) is 10.8. The van der Waals surface area contributed by atoms with Gasteiger partial charge in [-0.3, -0.25) is 0 Å². The smallest absolute Gasteiger partial charge is 0.171 e. The summed E-state index contributed by atoms with van der Waals surface area (Å²) in [6, 6.07) is 0. The van der Waals surface area contributed by atoms with Gasteiger partial charge < -0.3 is 14.6 Å². The Hall–Kier alpha value is -0.120. The maximum absolute atomic E-state index is 10.6. The van der Waals surface area contributed by atoms with Gasteiger partial charge in [-0.1, -0.05) is 20.8 Å². The minimum absolute atomic E-state index is 0.0576. The third kappa shape index (κ3) is 2.15. The molecule has 5 rings (SSSR count). The molecule has 5 aliphatic rings. The zero-order valence-electron chi connectivity index (χ0n) is 16.3. The van der Waals surface area contributed by atoms with Crippen molar-refractivity contribution in [2.75, 3.05) is 13.2 Å². The molecule has 1 spiro atoms. The van der Waals surface area contributed by atoms with E-state index in [9.17, 15) is 5.11 Å². The molecule has 0 amide bonds. The largest absolute Gasteiger partial charge is 0.393 e. The molecule has 0 unspecified atom stereocenters. The van der Waals surface area contributed by atoms with Crippen molar-refractivity contribution in [2.45, 2.75) is 84.0 Å². The Bertz CT molecular complexity index is 541. The van der Waals surface area contributed by atoms with Crippen molar-refractivity contribution in [1.82, 2.24) is 0 Å². The summed E-state index contributed by atoms with van der Waals surface area (Å²) in [6.07, 6.45) is 9.85. The Morgan fingerprint density at radius 1 is 0.840 bits per heavy atom. The van der Waals surface area contributed by atoms with Crippen molar-refractivity contribution in [2.24, 2.45) is 40.4 Å². The average Bonchev–Trinajstić information content (AvgIpc) is 3.16. The summed E-state index contributed by atoms with van der Waals surface area (Å²) in [5.41, 5.74) is 0.640. The molecule has 5 fully saturated rings. The molecular formula is C22H36O3. The normalized spacial score (nSPS) is 57.1. The van der Waals surface area contributed by atoms with E-state index in [0.717, 1.165) is 49.7 Å². The lowest BCUT2D eigenvalue weighted by Crippen LogP contribution is -2.58. The fraction of sp³-hybridized carbons (Fsp3) is 1.00. The van der Waals surface area contributed by atoms with E-state index in [0.29, 0.717) is 11.3 Å². The van der Waals surface area contributed by atoms with Gasteiger partial charge in [-0.15, -0.1) is 0 Å². The van der Waals surface area contributed by atoms with E-state index in [2.05, 4.69) is 20.8 Å². The van der Waals surface area contributed by atoms with Gasteiger partial charge in [0, 0.05) is 12.3 Å². The van der Waals surface area contributed by atoms with E-state index < -0.39 is 0 Å². The zero-order valence-corrected chi connectivity index (χ0v) is 16.3. The van der Waals surface area contributed by atoms with Crippen LogP contribution in [-0.4, -0.2) is 30.2 Å². The fourth-order valence-electron chi connectivity index (χ4n) is 8.39. The second-order valence-electron chi connectivity index (χ2n) is 10.6. The third-order valence-electron chi connectivity index (χ3n) is 9.82. The number of fused-ring (bicyclic) bond motifs is 5. The van der Waals surface area contributed by atoms with Crippen molar-refractivity contribution in [3.8, 4) is 0 Å². The first-order valence-electron chi connectivity index (χ1n) is 10.8. The molecule has 3 heteroatoms. The van der Waals surface area contributed by atoms with Crippen LogP contribution in [0.15, 0.2) is 0 Å². The number of hydrogen-bond acceptors (Lipinski definition) is 3. The van der Waals surface area contributed by atoms with Crippen molar-refractivity contribution < 1.29 is 14.6 Å². The van der Waals surface area contributed by atoms with Gasteiger partial charge in [-0.25, -0.2) is 0 Å². The monoisotopic (exact) mass is 348 g/mol. The summed E-state index contributed by atoms with van der Waals surface area (Å²) >= 11 is 0. The predicted molar refractivity (Wildman–Crippen MR) is 96.9 cm³/mol. The van der Waals surface area contributed by atoms with Gasteiger partial charge in [0.2, 0.25) is 0 Å². The highest BCUT2D eigenvalue weighted by Crippen LogP contribution is 2.68. The second kappa shape index (κ2) is 5.45. The predicted octanol–water partition coefficient (Wildman–Crippen LogP) is 4.38. The van der Waals surface area contributed by atoms with Crippen LogP contribution in [0.1, 0.15) is 72.1 Å². The van der Waals surface area contributed by atoms with Gasteiger partial charge in [0.1, 0.15) is 0 Å². The van der Waals surface area contributed by atoms with Gasteiger partial charge in [0.15, 0.2) is 5.79 Å². The lowest BCUT2D eigenvalue weighted by molar-refractivity contribution is -0.258. The lowest BCUT2D eigenvalue weighted by atomic mass is 9.44. The molecule has 25 heavy (non-hydrogen) atoms. The molecule has 142 valence electrons. The quantitative estimate of drug-likeness (QED) is 0.706. The van der Waals surface area contributed by atoms with Crippen LogP contribution in [0.2, 0.25) is 0 Å². The van der Waals surface area contributed by atoms with Crippen LogP contribution in [0.5, 0.6) is 0 Å². The fourth-order valence-corrected chi connectivity index (χ4v) is 8.39. The SMILES string of the molecule is C[C@H]1C[C@@]2(C)[C@H](CC[C@@H]3[C@@H]2CC[C@]2(C)[C@@H](O)CC[C@@H]32)CC12OCCO2. The summed E-state index contributed by atoms with van der Waals surface area (Å²) < 4.78 is 12.3. The molecule has 1 N–H and O–H groups in total. The van der Waals surface area contributed by atoms with Gasteiger partial charge in [0.25, 0.3) is 0 Å². The highest BCUT2D eigenvalue weighted by atomic mass is 16.7. The van der Waals surface area contributed by atoms with Crippen molar-refractivity contribution >= 4 is 0 Å². The van der Waals surface area contributed by atoms with Crippen LogP contribution in [0.3, 0.4) is 0 Å². The maximum Gasteiger partial charge on any atom is 0.171 e. The minimum atomic E-state index is -0.274. The maximum atomic E-state index is 10.6. The summed E-state index contributed by atoms with van der Waals surface area (Å²) in [6.45, 7) is 8.90. The Balaban J connectivity index is 1.43. The number of ether oxygens (including phenoxy) is 2.